The highest BCUT2D eigenvalue weighted by Crippen LogP contribution is 2.30. The summed E-state index contributed by atoms with van der Waals surface area (Å²) in [5.41, 5.74) is 3.33. The first kappa shape index (κ1) is 9.97. The number of aryl methyl sites for hydroxylation is 1. The maximum atomic E-state index is 9.09. The van der Waals surface area contributed by atoms with Gasteiger partial charge in [0.2, 0.25) is 0 Å². The molecular weight excluding hydrogens is 216 g/mol. The lowest BCUT2D eigenvalue weighted by Crippen LogP contribution is -1.87. The number of hydrogen-bond acceptors (Lipinski definition) is 2. The van der Waals surface area contributed by atoms with Crippen molar-refractivity contribution in [2.45, 2.75) is 19.4 Å². The van der Waals surface area contributed by atoms with Crippen LogP contribution in [0.15, 0.2) is 17.5 Å². The zero-order valence-corrected chi connectivity index (χ0v) is 9.45. The Labute approximate surface area is 91.9 Å². The van der Waals surface area contributed by atoms with Crippen molar-refractivity contribution in [1.29, 1.82) is 0 Å². The Balaban J connectivity index is 2.76. The Morgan fingerprint density at radius 2 is 2.21 bits per heavy atom. The third kappa shape index (κ3) is 1.54. The van der Waals surface area contributed by atoms with Crippen molar-refractivity contribution in [1.82, 2.24) is 0 Å². The fourth-order valence-corrected chi connectivity index (χ4v) is 2.95. The van der Waals surface area contributed by atoms with Gasteiger partial charge in [-0.1, -0.05) is 6.07 Å². The van der Waals surface area contributed by atoms with Crippen molar-refractivity contribution < 1.29 is 5.11 Å². The lowest BCUT2D eigenvalue weighted by Gasteiger charge is -2.03. The zero-order valence-electron chi connectivity index (χ0n) is 7.88. The topological polar surface area (TPSA) is 20.2 Å². The molecule has 0 radical (unpaired) electrons. The first-order chi connectivity index (χ1) is 6.76. The third-order valence-corrected chi connectivity index (χ3v) is 3.66. The molecule has 74 valence electrons. The van der Waals surface area contributed by atoms with Gasteiger partial charge in [0.05, 0.1) is 6.61 Å². The molecule has 0 spiro atoms. The average Bonchev–Trinajstić information content (AvgIpc) is 2.59. The summed E-state index contributed by atoms with van der Waals surface area (Å²) in [5, 5.41) is 12.5. The maximum Gasteiger partial charge on any atom is 0.0682 e. The molecule has 1 heterocycles. The largest absolute Gasteiger partial charge is 0.392 e. The molecule has 0 saturated carbocycles. The van der Waals surface area contributed by atoms with Gasteiger partial charge in [-0.25, -0.2) is 0 Å². The molecule has 14 heavy (non-hydrogen) atoms. The summed E-state index contributed by atoms with van der Waals surface area (Å²) in [6, 6.07) is 4.01. The fraction of sp³-hybridized carbons (Fsp3) is 0.273. The number of alkyl halides is 1. The van der Waals surface area contributed by atoms with Gasteiger partial charge in [0.1, 0.15) is 0 Å². The van der Waals surface area contributed by atoms with E-state index in [0.29, 0.717) is 5.88 Å². The minimum atomic E-state index is 0.0801. The predicted octanol–water partition coefficient (Wildman–Crippen LogP) is 3.44. The molecule has 1 aromatic heterocycles. The van der Waals surface area contributed by atoms with Crippen LogP contribution in [0.1, 0.15) is 16.7 Å². The van der Waals surface area contributed by atoms with Gasteiger partial charge in [0, 0.05) is 10.6 Å². The van der Waals surface area contributed by atoms with Crippen LogP contribution in [0.5, 0.6) is 0 Å². The molecule has 1 nitrogen and oxygen atoms in total. The van der Waals surface area contributed by atoms with Crippen molar-refractivity contribution in [3.63, 3.8) is 0 Å². The van der Waals surface area contributed by atoms with Gasteiger partial charge in [0.25, 0.3) is 0 Å². The maximum absolute atomic E-state index is 9.09. The minimum Gasteiger partial charge on any atom is -0.392 e. The molecule has 0 atom stereocenters. The van der Waals surface area contributed by atoms with Crippen molar-refractivity contribution in [3.05, 3.63) is 34.2 Å². The molecular formula is C11H11ClOS. The molecule has 1 N–H and O–H groups in total. The van der Waals surface area contributed by atoms with E-state index in [4.69, 9.17) is 16.7 Å². The van der Waals surface area contributed by atoms with E-state index in [-0.39, 0.29) is 6.61 Å². The molecule has 3 heteroatoms. The van der Waals surface area contributed by atoms with Crippen molar-refractivity contribution in [3.8, 4) is 0 Å². The third-order valence-electron chi connectivity index (χ3n) is 2.33. The Morgan fingerprint density at radius 1 is 1.43 bits per heavy atom. The van der Waals surface area contributed by atoms with Crippen LogP contribution < -0.4 is 0 Å². The Bertz CT molecular complexity index is 462. The molecule has 0 fully saturated rings. The van der Waals surface area contributed by atoms with E-state index in [0.717, 1.165) is 11.1 Å². The Kier molecular flexibility index (Phi) is 2.77. The van der Waals surface area contributed by atoms with Crippen LogP contribution in [0.4, 0.5) is 0 Å². The summed E-state index contributed by atoms with van der Waals surface area (Å²) < 4.78 is 1.21. The van der Waals surface area contributed by atoms with Crippen LogP contribution >= 0.6 is 22.9 Å². The summed E-state index contributed by atoms with van der Waals surface area (Å²) in [6.45, 7) is 2.17. The number of aliphatic hydroxyl groups is 1. The van der Waals surface area contributed by atoms with E-state index < -0.39 is 0 Å². The van der Waals surface area contributed by atoms with Gasteiger partial charge < -0.3 is 5.11 Å². The van der Waals surface area contributed by atoms with Crippen LogP contribution in [0.25, 0.3) is 10.1 Å². The van der Waals surface area contributed by atoms with E-state index >= 15 is 0 Å². The molecule has 2 rings (SSSR count). The second-order valence-corrected chi connectivity index (χ2v) is 4.52. The Morgan fingerprint density at radius 3 is 2.86 bits per heavy atom. The Hall–Kier alpha value is -0.570. The molecule has 0 aliphatic carbocycles. The van der Waals surface area contributed by atoms with Crippen molar-refractivity contribution in [2.24, 2.45) is 0 Å². The zero-order chi connectivity index (χ0) is 10.1. The molecule has 1 aromatic carbocycles. The van der Waals surface area contributed by atoms with Gasteiger partial charge >= 0.3 is 0 Å². The molecule has 0 amide bonds. The van der Waals surface area contributed by atoms with Gasteiger partial charge in [0.15, 0.2) is 0 Å². The lowest BCUT2D eigenvalue weighted by molar-refractivity contribution is 0.282. The van der Waals surface area contributed by atoms with Crippen LogP contribution in [0, 0.1) is 6.92 Å². The second-order valence-electron chi connectivity index (χ2n) is 3.34. The highest BCUT2D eigenvalue weighted by Gasteiger charge is 2.07. The quantitative estimate of drug-likeness (QED) is 0.778. The molecule has 2 aromatic rings. The molecule has 0 aliphatic heterocycles. The van der Waals surface area contributed by atoms with Crippen LogP contribution in [0.3, 0.4) is 0 Å². The standard InChI is InChI=1S/C11H11ClOS/c1-7-6-14-10-3-8(5-13)2-9(4-12)11(7)10/h2-3,6,13H,4-5H2,1H3. The summed E-state index contributed by atoms with van der Waals surface area (Å²) >= 11 is 7.59. The summed E-state index contributed by atoms with van der Waals surface area (Å²) in [7, 11) is 0. The summed E-state index contributed by atoms with van der Waals surface area (Å²) in [4.78, 5) is 0. The van der Waals surface area contributed by atoms with E-state index in [1.54, 1.807) is 11.3 Å². The number of hydrogen-bond donors (Lipinski definition) is 1. The van der Waals surface area contributed by atoms with Gasteiger partial charge in [-0.05, 0) is 40.4 Å². The van der Waals surface area contributed by atoms with Gasteiger partial charge in [-0.15, -0.1) is 22.9 Å². The van der Waals surface area contributed by atoms with Gasteiger partial charge in [-0.2, -0.15) is 0 Å². The van der Waals surface area contributed by atoms with Crippen LogP contribution in [-0.4, -0.2) is 5.11 Å². The molecule has 0 bridgehead atoms. The number of thiophene rings is 1. The second kappa shape index (κ2) is 3.89. The fourth-order valence-electron chi connectivity index (χ4n) is 1.68. The molecule has 0 saturated heterocycles. The van der Waals surface area contributed by atoms with Crippen LogP contribution in [-0.2, 0) is 12.5 Å². The smallest absolute Gasteiger partial charge is 0.0682 e. The number of benzene rings is 1. The first-order valence-corrected chi connectivity index (χ1v) is 5.84. The van der Waals surface area contributed by atoms with Gasteiger partial charge in [-0.3, -0.25) is 0 Å². The number of fused-ring (bicyclic) bond motifs is 1. The monoisotopic (exact) mass is 226 g/mol. The molecule has 0 unspecified atom stereocenters. The van der Waals surface area contributed by atoms with Crippen molar-refractivity contribution in [2.75, 3.05) is 0 Å². The normalized spacial score (nSPS) is 11.1. The first-order valence-electron chi connectivity index (χ1n) is 4.42. The van der Waals surface area contributed by atoms with E-state index in [1.165, 1.54) is 15.6 Å². The highest BCUT2D eigenvalue weighted by molar-refractivity contribution is 7.17. The molecule has 0 aliphatic rings. The number of halogens is 1. The minimum absolute atomic E-state index is 0.0801. The van der Waals surface area contributed by atoms with E-state index in [9.17, 15) is 0 Å². The summed E-state index contributed by atoms with van der Waals surface area (Å²) in [6.07, 6.45) is 0. The van der Waals surface area contributed by atoms with E-state index in [2.05, 4.69) is 12.3 Å². The SMILES string of the molecule is Cc1csc2cc(CO)cc(CCl)c12. The number of aliphatic hydroxyl groups excluding tert-OH is 1. The summed E-state index contributed by atoms with van der Waals surface area (Å²) in [5.74, 6) is 0.502. The van der Waals surface area contributed by atoms with Crippen LogP contribution in [0.2, 0.25) is 0 Å². The highest BCUT2D eigenvalue weighted by atomic mass is 35.5. The van der Waals surface area contributed by atoms with E-state index in [1.807, 2.05) is 12.1 Å². The lowest BCUT2D eigenvalue weighted by atomic mass is 10.1. The average molecular weight is 227 g/mol. The predicted molar refractivity (Wildman–Crippen MR) is 62.0 cm³/mol. The number of rotatable bonds is 2. The van der Waals surface area contributed by atoms with Crippen molar-refractivity contribution >= 4 is 33.0 Å².